The molecule has 1 atom stereocenters. The van der Waals surface area contributed by atoms with Crippen molar-refractivity contribution < 1.29 is 9.59 Å². The molecule has 4 nitrogen and oxygen atoms in total. The van der Waals surface area contributed by atoms with Crippen LogP contribution < -0.4 is 11.1 Å². The first-order valence-electron chi connectivity index (χ1n) is 5.27. The average Bonchev–Trinajstić information content (AvgIpc) is 2.26. The zero-order valence-electron chi connectivity index (χ0n) is 9.27. The van der Waals surface area contributed by atoms with Crippen LogP contribution in [0, 0.1) is 0 Å². The van der Waals surface area contributed by atoms with Gasteiger partial charge in [-0.05, 0) is 17.9 Å². The molecule has 3 N–H and O–H groups in total. The summed E-state index contributed by atoms with van der Waals surface area (Å²) in [5.74, 6) is -0.205. The first-order chi connectivity index (χ1) is 7.63. The van der Waals surface area contributed by atoms with Gasteiger partial charge in [-0.2, -0.15) is 0 Å². The number of nitrogens with one attached hydrogen (secondary N) is 1. The third kappa shape index (κ3) is 3.73. The van der Waals surface area contributed by atoms with Crippen LogP contribution >= 0.6 is 0 Å². The van der Waals surface area contributed by atoms with Gasteiger partial charge < -0.3 is 5.73 Å². The molecule has 0 fully saturated rings. The summed E-state index contributed by atoms with van der Waals surface area (Å²) in [6.45, 7) is 2.01. The quantitative estimate of drug-likeness (QED) is 0.811. The van der Waals surface area contributed by atoms with E-state index < -0.39 is 6.03 Å². The molecule has 0 aliphatic carbocycles. The second-order valence-corrected chi connectivity index (χ2v) is 3.63. The Morgan fingerprint density at radius 2 is 1.94 bits per heavy atom. The summed E-state index contributed by atoms with van der Waals surface area (Å²) in [5.41, 5.74) is 5.98. The molecule has 0 saturated carbocycles. The highest BCUT2D eigenvalue weighted by molar-refractivity contribution is 5.93. The van der Waals surface area contributed by atoms with Gasteiger partial charge in [0.2, 0.25) is 5.91 Å². The molecule has 0 heterocycles. The molecule has 0 aromatic heterocycles. The summed E-state index contributed by atoms with van der Waals surface area (Å²) in [7, 11) is 0. The molecule has 16 heavy (non-hydrogen) atoms. The van der Waals surface area contributed by atoms with E-state index in [0.717, 1.165) is 12.0 Å². The highest BCUT2D eigenvalue weighted by Crippen LogP contribution is 2.22. The van der Waals surface area contributed by atoms with E-state index in [4.69, 9.17) is 5.73 Å². The second kappa shape index (κ2) is 5.90. The number of benzene rings is 1. The number of rotatable bonds is 4. The van der Waals surface area contributed by atoms with Gasteiger partial charge in [0, 0.05) is 6.42 Å². The van der Waals surface area contributed by atoms with Crippen LogP contribution in [0.25, 0.3) is 0 Å². The summed E-state index contributed by atoms with van der Waals surface area (Å²) in [6.07, 6.45) is 1.12. The van der Waals surface area contributed by atoms with E-state index in [1.807, 2.05) is 37.3 Å². The van der Waals surface area contributed by atoms with Crippen molar-refractivity contribution in [3.8, 4) is 0 Å². The van der Waals surface area contributed by atoms with Gasteiger partial charge in [-0.1, -0.05) is 37.3 Å². The smallest absolute Gasteiger partial charge is 0.318 e. The van der Waals surface area contributed by atoms with E-state index in [-0.39, 0.29) is 18.2 Å². The summed E-state index contributed by atoms with van der Waals surface area (Å²) in [6, 6.07) is 8.96. The number of carbonyl (C=O) groups is 2. The van der Waals surface area contributed by atoms with Crippen LogP contribution in [-0.2, 0) is 4.79 Å². The lowest BCUT2D eigenvalue weighted by molar-refractivity contribution is -0.120. The minimum atomic E-state index is -0.798. The lowest BCUT2D eigenvalue weighted by Crippen LogP contribution is -2.35. The molecule has 0 aliphatic heterocycles. The van der Waals surface area contributed by atoms with Gasteiger partial charge in [-0.25, -0.2) is 4.79 Å². The van der Waals surface area contributed by atoms with Gasteiger partial charge in [-0.3, -0.25) is 10.1 Å². The lowest BCUT2D eigenvalue weighted by Gasteiger charge is -2.14. The average molecular weight is 220 g/mol. The van der Waals surface area contributed by atoms with Crippen molar-refractivity contribution in [1.29, 1.82) is 0 Å². The molecule has 1 unspecified atom stereocenters. The van der Waals surface area contributed by atoms with Gasteiger partial charge >= 0.3 is 6.03 Å². The predicted molar refractivity (Wildman–Crippen MR) is 61.8 cm³/mol. The molecule has 0 radical (unpaired) electrons. The van der Waals surface area contributed by atoms with Crippen LogP contribution in [0.3, 0.4) is 0 Å². The molecule has 4 heteroatoms. The summed E-state index contributed by atoms with van der Waals surface area (Å²) in [4.78, 5) is 21.9. The zero-order chi connectivity index (χ0) is 12.0. The number of hydrogen-bond acceptors (Lipinski definition) is 2. The molecule has 1 aromatic carbocycles. The SMILES string of the molecule is CCC(CC(=O)NC(N)=O)c1ccccc1. The Morgan fingerprint density at radius 1 is 1.31 bits per heavy atom. The van der Waals surface area contributed by atoms with Gasteiger partial charge in [0.15, 0.2) is 0 Å². The maximum absolute atomic E-state index is 11.4. The van der Waals surface area contributed by atoms with Crippen LogP contribution in [0.1, 0.15) is 31.2 Å². The van der Waals surface area contributed by atoms with Crippen LogP contribution in [0.4, 0.5) is 4.79 Å². The number of urea groups is 1. The topological polar surface area (TPSA) is 72.2 Å². The minimum Gasteiger partial charge on any atom is -0.351 e. The van der Waals surface area contributed by atoms with Gasteiger partial charge in [0.25, 0.3) is 0 Å². The van der Waals surface area contributed by atoms with Crippen molar-refractivity contribution in [2.24, 2.45) is 5.73 Å². The fourth-order valence-corrected chi connectivity index (χ4v) is 1.64. The van der Waals surface area contributed by atoms with Crippen molar-refractivity contribution in [2.75, 3.05) is 0 Å². The van der Waals surface area contributed by atoms with Gasteiger partial charge in [0.05, 0.1) is 0 Å². The fourth-order valence-electron chi connectivity index (χ4n) is 1.64. The Kier molecular flexibility index (Phi) is 4.51. The van der Waals surface area contributed by atoms with Gasteiger partial charge in [-0.15, -0.1) is 0 Å². The van der Waals surface area contributed by atoms with Gasteiger partial charge in [0.1, 0.15) is 0 Å². The van der Waals surface area contributed by atoms with E-state index >= 15 is 0 Å². The maximum Gasteiger partial charge on any atom is 0.318 e. The third-order valence-electron chi connectivity index (χ3n) is 2.46. The number of amides is 3. The van der Waals surface area contributed by atoms with E-state index in [9.17, 15) is 9.59 Å². The van der Waals surface area contributed by atoms with Crippen molar-refractivity contribution in [1.82, 2.24) is 5.32 Å². The van der Waals surface area contributed by atoms with E-state index in [0.29, 0.717) is 0 Å². The number of primary amides is 1. The van der Waals surface area contributed by atoms with Crippen molar-refractivity contribution in [3.05, 3.63) is 35.9 Å². The highest BCUT2D eigenvalue weighted by atomic mass is 16.2. The molecule has 0 spiro atoms. The molecule has 86 valence electrons. The number of nitrogens with two attached hydrogens (primary N) is 1. The lowest BCUT2D eigenvalue weighted by atomic mass is 9.93. The highest BCUT2D eigenvalue weighted by Gasteiger charge is 2.14. The molecule has 1 aromatic rings. The standard InChI is InChI=1S/C12H16N2O2/c1-2-9(8-11(15)14-12(13)16)10-6-4-3-5-7-10/h3-7,9H,2,8H2,1H3,(H3,13,14,15,16). The zero-order valence-corrected chi connectivity index (χ0v) is 9.27. The summed E-state index contributed by atoms with van der Waals surface area (Å²) >= 11 is 0. The number of imide groups is 1. The third-order valence-corrected chi connectivity index (χ3v) is 2.46. The Hall–Kier alpha value is -1.84. The van der Waals surface area contributed by atoms with Crippen LogP contribution in [0.2, 0.25) is 0 Å². The second-order valence-electron chi connectivity index (χ2n) is 3.63. The molecule has 0 bridgehead atoms. The molecular formula is C12H16N2O2. The van der Waals surface area contributed by atoms with Crippen molar-refractivity contribution in [3.63, 3.8) is 0 Å². The normalized spacial score (nSPS) is 11.8. The first-order valence-corrected chi connectivity index (χ1v) is 5.27. The number of carbonyl (C=O) groups excluding carboxylic acids is 2. The molecular weight excluding hydrogens is 204 g/mol. The fraction of sp³-hybridized carbons (Fsp3) is 0.333. The van der Waals surface area contributed by atoms with E-state index in [1.165, 1.54) is 0 Å². The minimum absolute atomic E-state index is 0.126. The molecule has 1 rings (SSSR count). The summed E-state index contributed by atoms with van der Waals surface area (Å²) < 4.78 is 0. The van der Waals surface area contributed by atoms with Crippen molar-refractivity contribution in [2.45, 2.75) is 25.7 Å². The van der Waals surface area contributed by atoms with Crippen molar-refractivity contribution >= 4 is 11.9 Å². The Labute approximate surface area is 94.8 Å². The van der Waals surface area contributed by atoms with Crippen LogP contribution in [0.15, 0.2) is 30.3 Å². The molecule has 3 amide bonds. The Bertz CT molecular complexity index is 363. The number of hydrogen-bond donors (Lipinski definition) is 2. The van der Waals surface area contributed by atoms with E-state index in [2.05, 4.69) is 5.32 Å². The van der Waals surface area contributed by atoms with E-state index in [1.54, 1.807) is 0 Å². The maximum atomic E-state index is 11.4. The Balaban J connectivity index is 2.63. The van der Waals surface area contributed by atoms with Crippen LogP contribution in [-0.4, -0.2) is 11.9 Å². The first kappa shape index (κ1) is 12.2. The Morgan fingerprint density at radius 3 is 2.44 bits per heavy atom. The predicted octanol–water partition coefficient (Wildman–Crippen LogP) is 1.77. The summed E-state index contributed by atoms with van der Waals surface area (Å²) in [5, 5.41) is 2.08. The molecule has 0 saturated heterocycles. The largest absolute Gasteiger partial charge is 0.351 e. The molecule has 0 aliphatic rings. The monoisotopic (exact) mass is 220 g/mol. The van der Waals surface area contributed by atoms with Crippen LogP contribution in [0.5, 0.6) is 0 Å².